The summed E-state index contributed by atoms with van der Waals surface area (Å²) in [5.41, 5.74) is 2.64. The minimum Gasteiger partial charge on any atom is -0.325 e. The van der Waals surface area contributed by atoms with E-state index in [9.17, 15) is 19.2 Å². The van der Waals surface area contributed by atoms with Crippen LogP contribution >= 0.6 is 11.8 Å². The number of fused-ring (bicyclic) bond motifs is 1. The summed E-state index contributed by atoms with van der Waals surface area (Å²) < 4.78 is 3.18. The van der Waals surface area contributed by atoms with Crippen LogP contribution in [0.25, 0.3) is 16.7 Å². The molecule has 4 rings (SSSR count). The lowest BCUT2D eigenvalue weighted by atomic mass is 10.3. The van der Waals surface area contributed by atoms with Crippen molar-refractivity contribution in [3.8, 4) is 5.69 Å². The van der Waals surface area contributed by atoms with E-state index in [4.69, 9.17) is 0 Å². The van der Waals surface area contributed by atoms with Crippen LogP contribution in [0.3, 0.4) is 0 Å². The molecule has 2 amide bonds. The van der Waals surface area contributed by atoms with E-state index in [1.165, 1.54) is 4.68 Å². The second-order valence-electron chi connectivity index (χ2n) is 7.77. The number of nitrogens with zero attached hydrogens (tertiary/aromatic N) is 2. The van der Waals surface area contributed by atoms with Crippen molar-refractivity contribution in [2.24, 2.45) is 7.05 Å². The molecule has 1 unspecified atom stereocenters. The standard InChI is InChI=1S/C23H24N6O4S/c1-13-20(22(32)29(28(13)3)16-7-5-4-6-8-16)27-21(31)14(2)34-12-19(30)24-15-9-10-17-18(11-15)26-23(33)25-17/h4-11,14H,12H2,1-3H3,(H,24,30)(H,27,31)(H2,25,26,33). The van der Waals surface area contributed by atoms with Crippen LogP contribution in [0.5, 0.6) is 0 Å². The largest absolute Gasteiger partial charge is 0.325 e. The minimum absolute atomic E-state index is 0.0400. The Balaban J connectivity index is 1.38. The van der Waals surface area contributed by atoms with Gasteiger partial charge in [-0.05, 0) is 44.2 Å². The number of carbonyl (C=O) groups is 2. The molecule has 0 aliphatic heterocycles. The number of imidazole rings is 1. The third-order valence-electron chi connectivity index (χ3n) is 5.44. The summed E-state index contributed by atoms with van der Waals surface area (Å²) in [7, 11) is 1.75. The lowest BCUT2D eigenvalue weighted by molar-refractivity contribution is -0.115. The van der Waals surface area contributed by atoms with Gasteiger partial charge in [0, 0.05) is 12.7 Å². The molecule has 0 aliphatic carbocycles. The molecule has 0 aliphatic rings. The molecule has 0 saturated carbocycles. The fourth-order valence-corrected chi connectivity index (χ4v) is 4.20. The molecule has 11 heteroatoms. The Morgan fingerprint density at radius 3 is 2.47 bits per heavy atom. The van der Waals surface area contributed by atoms with E-state index in [0.717, 1.165) is 11.8 Å². The Labute approximate surface area is 198 Å². The zero-order chi connectivity index (χ0) is 24.4. The van der Waals surface area contributed by atoms with Gasteiger partial charge in [0.15, 0.2) is 0 Å². The average molecular weight is 481 g/mol. The molecule has 0 saturated heterocycles. The second-order valence-corrected chi connectivity index (χ2v) is 9.10. The van der Waals surface area contributed by atoms with Gasteiger partial charge in [0.2, 0.25) is 11.8 Å². The number of H-pyrrole nitrogens is 2. The summed E-state index contributed by atoms with van der Waals surface area (Å²) in [6, 6.07) is 14.2. The summed E-state index contributed by atoms with van der Waals surface area (Å²) in [6.07, 6.45) is 0. The van der Waals surface area contributed by atoms with Gasteiger partial charge in [0.1, 0.15) is 5.69 Å². The number of carbonyl (C=O) groups excluding carboxylic acids is 2. The molecule has 0 radical (unpaired) electrons. The van der Waals surface area contributed by atoms with Gasteiger partial charge in [-0.3, -0.25) is 19.1 Å². The van der Waals surface area contributed by atoms with E-state index >= 15 is 0 Å². The molecule has 10 nitrogen and oxygen atoms in total. The zero-order valence-electron chi connectivity index (χ0n) is 18.8. The predicted molar refractivity (Wildman–Crippen MR) is 134 cm³/mol. The number of rotatable bonds is 7. The first kappa shape index (κ1) is 23.2. The highest BCUT2D eigenvalue weighted by Gasteiger charge is 2.21. The summed E-state index contributed by atoms with van der Waals surface area (Å²) in [5.74, 6) is -0.613. The quantitative estimate of drug-likeness (QED) is 0.322. The highest BCUT2D eigenvalue weighted by molar-refractivity contribution is 8.01. The molecule has 0 fully saturated rings. The number of para-hydroxylation sites is 1. The molecule has 176 valence electrons. The third kappa shape index (κ3) is 4.69. The Morgan fingerprint density at radius 2 is 1.74 bits per heavy atom. The monoisotopic (exact) mass is 480 g/mol. The minimum atomic E-state index is -0.571. The van der Waals surface area contributed by atoms with E-state index in [-0.39, 0.29) is 34.5 Å². The van der Waals surface area contributed by atoms with Crippen molar-refractivity contribution in [3.05, 3.63) is 75.1 Å². The van der Waals surface area contributed by atoms with Crippen molar-refractivity contribution in [1.82, 2.24) is 19.3 Å². The zero-order valence-corrected chi connectivity index (χ0v) is 19.7. The first-order chi connectivity index (χ1) is 16.2. The van der Waals surface area contributed by atoms with E-state index in [1.54, 1.807) is 43.8 Å². The van der Waals surface area contributed by atoms with Crippen molar-refractivity contribution in [1.29, 1.82) is 0 Å². The van der Waals surface area contributed by atoms with Gasteiger partial charge >= 0.3 is 5.69 Å². The number of hydrogen-bond acceptors (Lipinski definition) is 5. The maximum absolute atomic E-state index is 13.0. The lowest BCUT2D eigenvalue weighted by Gasteiger charge is -2.11. The van der Waals surface area contributed by atoms with Crippen LogP contribution in [0, 0.1) is 6.92 Å². The van der Waals surface area contributed by atoms with Gasteiger partial charge in [0.05, 0.1) is 33.4 Å². The fraction of sp³-hybridized carbons (Fsp3) is 0.217. The van der Waals surface area contributed by atoms with Gasteiger partial charge in [0.25, 0.3) is 5.56 Å². The first-order valence-corrected chi connectivity index (χ1v) is 11.6. The highest BCUT2D eigenvalue weighted by Crippen LogP contribution is 2.18. The molecule has 0 bridgehead atoms. The highest BCUT2D eigenvalue weighted by atomic mass is 32.2. The molecule has 4 N–H and O–H groups in total. The van der Waals surface area contributed by atoms with Crippen LogP contribution < -0.4 is 21.9 Å². The van der Waals surface area contributed by atoms with Gasteiger partial charge in [-0.2, -0.15) is 0 Å². The Morgan fingerprint density at radius 1 is 1.03 bits per heavy atom. The number of benzene rings is 2. The number of hydrogen-bond donors (Lipinski definition) is 4. The number of amides is 2. The number of thioether (sulfide) groups is 1. The summed E-state index contributed by atoms with van der Waals surface area (Å²) >= 11 is 1.15. The van der Waals surface area contributed by atoms with Gasteiger partial charge < -0.3 is 20.6 Å². The Bertz CT molecular complexity index is 1480. The molecule has 2 aromatic carbocycles. The molecule has 1 atom stereocenters. The van der Waals surface area contributed by atoms with Crippen LogP contribution in [0.2, 0.25) is 0 Å². The van der Waals surface area contributed by atoms with E-state index in [2.05, 4.69) is 20.6 Å². The molecule has 2 aromatic heterocycles. The lowest BCUT2D eigenvalue weighted by Crippen LogP contribution is -2.28. The van der Waals surface area contributed by atoms with E-state index in [0.29, 0.717) is 28.1 Å². The second kappa shape index (κ2) is 9.48. The Hall–Kier alpha value is -3.99. The number of nitrogens with one attached hydrogen (secondary N) is 4. The summed E-state index contributed by atoms with van der Waals surface area (Å²) in [5, 5.41) is 4.90. The van der Waals surface area contributed by atoms with Crippen molar-refractivity contribution < 1.29 is 9.59 Å². The number of anilines is 2. The molecule has 2 heterocycles. The van der Waals surface area contributed by atoms with Gasteiger partial charge in [-0.15, -0.1) is 11.8 Å². The third-order valence-corrected chi connectivity index (χ3v) is 6.58. The number of aromatic nitrogens is 4. The fourth-order valence-electron chi connectivity index (χ4n) is 3.52. The molecule has 34 heavy (non-hydrogen) atoms. The van der Waals surface area contributed by atoms with Crippen molar-refractivity contribution >= 4 is 46.0 Å². The molecular formula is C23H24N6O4S. The van der Waals surface area contributed by atoms with Crippen molar-refractivity contribution in [2.75, 3.05) is 16.4 Å². The van der Waals surface area contributed by atoms with E-state index < -0.39 is 5.25 Å². The van der Waals surface area contributed by atoms with Gasteiger partial charge in [-0.1, -0.05) is 18.2 Å². The van der Waals surface area contributed by atoms with Crippen LogP contribution in [0.4, 0.5) is 11.4 Å². The topological polar surface area (TPSA) is 134 Å². The van der Waals surface area contributed by atoms with Crippen LogP contribution in [0.15, 0.2) is 58.1 Å². The van der Waals surface area contributed by atoms with Crippen molar-refractivity contribution in [3.63, 3.8) is 0 Å². The normalized spacial score (nSPS) is 12.0. The predicted octanol–water partition coefficient (Wildman–Crippen LogP) is 2.35. The Kier molecular flexibility index (Phi) is 6.46. The van der Waals surface area contributed by atoms with Crippen molar-refractivity contribution in [2.45, 2.75) is 19.1 Å². The summed E-state index contributed by atoms with van der Waals surface area (Å²) in [4.78, 5) is 54.7. The molecular weight excluding hydrogens is 456 g/mol. The van der Waals surface area contributed by atoms with Crippen LogP contribution in [0.1, 0.15) is 12.6 Å². The SMILES string of the molecule is Cc1c(NC(=O)C(C)SCC(=O)Nc2ccc3[nH]c(=O)[nH]c3c2)c(=O)n(-c2ccccc2)n1C. The summed E-state index contributed by atoms with van der Waals surface area (Å²) in [6.45, 7) is 3.44. The maximum Gasteiger partial charge on any atom is 0.323 e. The first-order valence-electron chi connectivity index (χ1n) is 10.5. The van der Waals surface area contributed by atoms with E-state index in [1.807, 2.05) is 30.3 Å². The molecule has 4 aromatic rings. The van der Waals surface area contributed by atoms with Crippen LogP contribution in [-0.4, -0.2) is 42.1 Å². The maximum atomic E-state index is 13.0. The average Bonchev–Trinajstić information content (AvgIpc) is 3.29. The number of aromatic amines is 2. The smallest absolute Gasteiger partial charge is 0.323 e. The van der Waals surface area contributed by atoms with Gasteiger partial charge in [-0.25, -0.2) is 9.48 Å². The molecule has 0 spiro atoms. The van der Waals surface area contributed by atoms with Crippen LogP contribution in [-0.2, 0) is 16.6 Å².